The molecule has 114 valence electrons. The molecule has 0 spiro atoms. The number of carbonyl (C=O) groups is 2. The lowest BCUT2D eigenvalue weighted by Gasteiger charge is -2.17. The third-order valence-electron chi connectivity index (χ3n) is 3.17. The molecule has 0 aliphatic carbocycles. The molecule has 1 amide bonds. The lowest BCUT2D eigenvalue weighted by Crippen LogP contribution is -2.38. The van der Waals surface area contributed by atoms with E-state index in [-0.39, 0.29) is 5.91 Å². The van der Waals surface area contributed by atoms with Crippen molar-refractivity contribution in [3.63, 3.8) is 0 Å². The van der Waals surface area contributed by atoms with E-state index in [1.807, 2.05) is 60.7 Å². The molecule has 1 atom stereocenters. The first-order valence-corrected chi connectivity index (χ1v) is 7.18. The van der Waals surface area contributed by atoms with E-state index in [0.717, 1.165) is 11.1 Å². The summed E-state index contributed by atoms with van der Waals surface area (Å²) < 4.78 is 5.15. The Bertz CT molecular complexity index is 611. The van der Waals surface area contributed by atoms with Crippen molar-refractivity contribution in [3.8, 4) is 0 Å². The molecule has 0 radical (unpaired) electrons. The maximum absolute atomic E-state index is 12.3. The van der Waals surface area contributed by atoms with Gasteiger partial charge in [-0.25, -0.2) is 0 Å². The molecule has 0 fully saturated rings. The third-order valence-corrected chi connectivity index (χ3v) is 3.17. The molecule has 4 heteroatoms. The molecule has 0 aliphatic rings. The second kappa shape index (κ2) is 7.98. The largest absolute Gasteiger partial charge is 0.452 e. The van der Waals surface area contributed by atoms with Gasteiger partial charge in [0, 0.05) is 19.9 Å². The molecular formula is C18H19NO3. The second-order valence-electron chi connectivity index (χ2n) is 4.99. The molecule has 0 aliphatic heterocycles. The first kappa shape index (κ1) is 15.8. The summed E-state index contributed by atoms with van der Waals surface area (Å²) in [6, 6.07) is 19.1. The molecule has 2 rings (SSSR count). The number of ether oxygens (including phenoxy) is 1. The average molecular weight is 297 g/mol. The molecule has 0 saturated carbocycles. The normalized spacial score (nSPS) is 11.5. The van der Waals surface area contributed by atoms with E-state index in [9.17, 15) is 9.59 Å². The fraction of sp³-hybridized carbons (Fsp3) is 0.222. The predicted octanol–water partition coefficient (Wildman–Crippen LogP) is 2.48. The highest BCUT2D eigenvalue weighted by molar-refractivity contribution is 5.83. The van der Waals surface area contributed by atoms with Gasteiger partial charge in [-0.3, -0.25) is 9.59 Å². The van der Waals surface area contributed by atoms with Crippen LogP contribution in [-0.2, 0) is 27.3 Å². The van der Waals surface area contributed by atoms with Crippen LogP contribution in [0.4, 0.5) is 0 Å². The minimum Gasteiger partial charge on any atom is -0.452 e. The molecule has 22 heavy (non-hydrogen) atoms. The summed E-state index contributed by atoms with van der Waals surface area (Å²) in [6.45, 7) is 1.72. The van der Waals surface area contributed by atoms with Crippen LogP contribution in [0.15, 0.2) is 60.7 Å². The maximum atomic E-state index is 12.3. The SMILES string of the molecule is CC(=O)O[C@H](Cc1ccccc1)C(=O)NCc1ccccc1. The standard InChI is InChI=1S/C18H19NO3/c1-14(20)22-17(12-15-8-4-2-5-9-15)18(21)19-13-16-10-6-3-7-11-16/h2-11,17H,12-13H2,1H3,(H,19,21)/t17-/m1/s1. The number of hydrogen-bond acceptors (Lipinski definition) is 3. The van der Waals surface area contributed by atoms with E-state index in [1.54, 1.807) is 0 Å². The Morgan fingerprint density at radius 3 is 2.05 bits per heavy atom. The first-order valence-electron chi connectivity index (χ1n) is 7.18. The molecular weight excluding hydrogens is 278 g/mol. The minimum absolute atomic E-state index is 0.289. The number of esters is 1. The van der Waals surface area contributed by atoms with Gasteiger partial charge in [-0.05, 0) is 11.1 Å². The molecule has 0 bridgehead atoms. The number of benzene rings is 2. The van der Waals surface area contributed by atoms with Crippen LogP contribution in [0.25, 0.3) is 0 Å². The van der Waals surface area contributed by atoms with Crippen LogP contribution in [0.2, 0.25) is 0 Å². The molecule has 0 unspecified atom stereocenters. The van der Waals surface area contributed by atoms with E-state index in [0.29, 0.717) is 13.0 Å². The Morgan fingerprint density at radius 1 is 0.955 bits per heavy atom. The lowest BCUT2D eigenvalue weighted by molar-refractivity contribution is -0.153. The van der Waals surface area contributed by atoms with Crippen LogP contribution in [0.1, 0.15) is 18.1 Å². The monoisotopic (exact) mass is 297 g/mol. The highest BCUT2D eigenvalue weighted by Gasteiger charge is 2.21. The van der Waals surface area contributed by atoms with Crippen LogP contribution in [0.5, 0.6) is 0 Å². The topological polar surface area (TPSA) is 55.4 Å². The van der Waals surface area contributed by atoms with Crippen LogP contribution in [-0.4, -0.2) is 18.0 Å². The summed E-state index contributed by atoms with van der Waals surface area (Å²) in [6.07, 6.45) is -0.454. The van der Waals surface area contributed by atoms with Crippen molar-refractivity contribution in [1.82, 2.24) is 5.32 Å². The zero-order chi connectivity index (χ0) is 15.8. The van der Waals surface area contributed by atoms with Crippen molar-refractivity contribution >= 4 is 11.9 Å². The Hall–Kier alpha value is -2.62. The molecule has 1 N–H and O–H groups in total. The van der Waals surface area contributed by atoms with Crippen molar-refractivity contribution in [2.45, 2.75) is 26.0 Å². The molecule has 2 aromatic rings. The van der Waals surface area contributed by atoms with Gasteiger partial charge in [0.15, 0.2) is 6.10 Å². The van der Waals surface area contributed by atoms with Gasteiger partial charge in [0.1, 0.15) is 0 Å². The van der Waals surface area contributed by atoms with Gasteiger partial charge < -0.3 is 10.1 Å². The van der Waals surface area contributed by atoms with Gasteiger partial charge in [0.25, 0.3) is 5.91 Å². The Balaban J connectivity index is 1.98. The molecule has 0 heterocycles. The highest BCUT2D eigenvalue weighted by atomic mass is 16.5. The molecule has 4 nitrogen and oxygen atoms in total. The summed E-state index contributed by atoms with van der Waals surface area (Å²) in [7, 11) is 0. The minimum atomic E-state index is -0.816. The quantitative estimate of drug-likeness (QED) is 0.833. The number of carbonyl (C=O) groups excluding carboxylic acids is 2. The van der Waals surface area contributed by atoms with Crippen molar-refractivity contribution in [2.75, 3.05) is 0 Å². The van der Waals surface area contributed by atoms with E-state index in [4.69, 9.17) is 4.74 Å². The highest BCUT2D eigenvalue weighted by Crippen LogP contribution is 2.07. The predicted molar refractivity (Wildman–Crippen MR) is 84.0 cm³/mol. The van der Waals surface area contributed by atoms with Crippen LogP contribution >= 0.6 is 0 Å². The number of nitrogens with one attached hydrogen (secondary N) is 1. The summed E-state index contributed by atoms with van der Waals surface area (Å²) in [5.74, 6) is -0.751. The van der Waals surface area contributed by atoms with E-state index in [1.165, 1.54) is 6.92 Å². The average Bonchev–Trinajstić information content (AvgIpc) is 2.53. The molecule has 0 saturated heterocycles. The van der Waals surface area contributed by atoms with Crippen molar-refractivity contribution < 1.29 is 14.3 Å². The molecule has 2 aromatic carbocycles. The Kier molecular flexibility index (Phi) is 5.72. The number of amides is 1. The number of hydrogen-bond donors (Lipinski definition) is 1. The van der Waals surface area contributed by atoms with Crippen molar-refractivity contribution in [3.05, 3.63) is 71.8 Å². The zero-order valence-corrected chi connectivity index (χ0v) is 12.5. The maximum Gasteiger partial charge on any atom is 0.303 e. The van der Waals surface area contributed by atoms with E-state index < -0.39 is 12.1 Å². The Morgan fingerprint density at radius 2 is 1.50 bits per heavy atom. The van der Waals surface area contributed by atoms with Gasteiger partial charge in [0.05, 0.1) is 0 Å². The lowest BCUT2D eigenvalue weighted by atomic mass is 10.1. The van der Waals surface area contributed by atoms with Gasteiger partial charge >= 0.3 is 5.97 Å². The summed E-state index contributed by atoms with van der Waals surface area (Å²) in [5, 5.41) is 2.81. The summed E-state index contributed by atoms with van der Waals surface area (Å²) in [5.41, 5.74) is 1.95. The Labute approximate surface area is 130 Å². The smallest absolute Gasteiger partial charge is 0.303 e. The van der Waals surface area contributed by atoms with Gasteiger partial charge in [-0.15, -0.1) is 0 Å². The summed E-state index contributed by atoms with van der Waals surface area (Å²) >= 11 is 0. The summed E-state index contributed by atoms with van der Waals surface area (Å²) in [4.78, 5) is 23.5. The zero-order valence-electron chi connectivity index (χ0n) is 12.5. The first-order chi connectivity index (χ1) is 10.6. The number of rotatable bonds is 6. The van der Waals surface area contributed by atoms with Gasteiger partial charge in [0.2, 0.25) is 0 Å². The molecule has 0 aromatic heterocycles. The third kappa shape index (κ3) is 5.05. The van der Waals surface area contributed by atoms with Crippen LogP contribution < -0.4 is 5.32 Å². The fourth-order valence-electron chi connectivity index (χ4n) is 2.12. The van der Waals surface area contributed by atoms with Crippen molar-refractivity contribution in [1.29, 1.82) is 0 Å². The van der Waals surface area contributed by atoms with Crippen LogP contribution in [0, 0.1) is 0 Å². The van der Waals surface area contributed by atoms with Gasteiger partial charge in [-0.1, -0.05) is 60.7 Å². The second-order valence-corrected chi connectivity index (χ2v) is 4.99. The van der Waals surface area contributed by atoms with Crippen LogP contribution in [0.3, 0.4) is 0 Å². The van der Waals surface area contributed by atoms with Gasteiger partial charge in [-0.2, -0.15) is 0 Å². The van der Waals surface area contributed by atoms with E-state index in [2.05, 4.69) is 5.32 Å². The fourth-order valence-corrected chi connectivity index (χ4v) is 2.12. The van der Waals surface area contributed by atoms with Crippen molar-refractivity contribution in [2.24, 2.45) is 0 Å². The van der Waals surface area contributed by atoms with E-state index >= 15 is 0 Å².